The summed E-state index contributed by atoms with van der Waals surface area (Å²) < 4.78 is 65.1. The zero-order valence-electron chi connectivity index (χ0n) is 74.3. The van der Waals surface area contributed by atoms with Crippen LogP contribution in [0.15, 0.2) is 204 Å². The summed E-state index contributed by atoms with van der Waals surface area (Å²) in [6.07, 6.45) is 23.1. The number of rotatable bonds is 34. The number of imidazole rings is 6. The van der Waals surface area contributed by atoms with Gasteiger partial charge in [-0.05, 0) is 109 Å². The normalized spacial score (nSPS) is 13.2. The number of nitrogens with zero attached hydrogens (tertiary/aromatic N) is 12. The van der Waals surface area contributed by atoms with Gasteiger partial charge in [0.25, 0.3) is 5.97 Å². The smallest absolute Gasteiger partial charge is 1.00 e. The molecule has 8 heterocycles. The third-order valence-electron chi connectivity index (χ3n) is 20.2. The zero-order valence-corrected chi connectivity index (χ0v) is 78.5. The van der Waals surface area contributed by atoms with Crippen molar-refractivity contribution in [1.82, 2.24) is 57.3 Å². The predicted octanol–water partition coefficient (Wildman–Crippen LogP) is 19.1. The molecular weight excluding hydrogens is 1710 g/mol. The van der Waals surface area contributed by atoms with Gasteiger partial charge in [0.2, 0.25) is 11.9 Å². The van der Waals surface area contributed by atoms with Crippen molar-refractivity contribution in [2.24, 2.45) is 0 Å². The first-order valence-electron chi connectivity index (χ1n) is 43.0. The Morgan fingerprint density at radius 1 is 0.427 bits per heavy atom. The second-order valence-electron chi connectivity index (χ2n) is 29.3. The van der Waals surface area contributed by atoms with Crippen LogP contribution in [0.1, 0.15) is 204 Å². The number of hydrogen-bond donors (Lipinski definition) is 4. The second kappa shape index (κ2) is 58.6. The summed E-state index contributed by atoms with van der Waals surface area (Å²) in [5.41, 5.74) is 10.4. The number of unbranched alkanes of at least 4 members (excludes halogenated alkanes) is 6. The molecule has 2 fully saturated rings. The molecule has 22 nitrogen and oxygen atoms in total. The Morgan fingerprint density at radius 3 is 1.06 bits per heavy atom. The van der Waals surface area contributed by atoms with Gasteiger partial charge in [0, 0.05) is 101 Å². The molecular formula is C96H123BBr2F2N12NaO10. The molecule has 0 amide bonds. The first-order chi connectivity index (χ1) is 59.6. The maximum absolute atomic E-state index is 14.5. The number of halogens is 4. The van der Waals surface area contributed by atoms with Crippen LogP contribution in [0.4, 0.5) is 8.78 Å². The van der Waals surface area contributed by atoms with Crippen molar-refractivity contribution in [3.05, 3.63) is 250 Å². The van der Waals surface area contributed by atoms with E-state index in [1.807, 2.05) is 179 Å². The van der Waals surface area contributed by atoms with Gasteiger partial charge >= 0.3 is 29.6 Å². The molecule has 2 saturated heterocycles. The van der Waals surface area contributed by atoms with Crippen molar-refractivity contribution in [1.29, 1.82) is 0 Å². The second-order valence-corrected chi connectivity index (χ2v) is 30.8. The number of aldehydes is 1. The molecule has 659 valence electrons. The third-order valence-corrected chi connectivity index (χ3v) is 21.5. The quantitative estimate of drug-likeness (QED) is 0.0216. The topological polar surface area (TPSA) is 259 Å². The van der Waals surface area contributed by atoms with Gasteiger partial charge in [-0.1, -0.05) is 262 Å². The van der Waals surface area contributed by atoms with Crippen LogP contribution in [0.25, 0.3) is 68.3 Å². The molecule has 6 aromatic heterocycles. The van der Waals surface area contributed by atoms with E-state index < -0.39 is 17.9 Å². The SMILES string of the molecule is CC(=O)O.CCCCn1c(-c2ccccc2)nc(Br)c1CO.CCCCn1c(-c2ccccc2)nc(Br)c1COC1CCCCO1.CCCCn1c(-c2ccccc2)nc(F)c1CO.CCCCn1c(-c2ccccc2)nc(F)c1COC1CCCCO1.CCCCn1c(C=O)cnc1-c1ccccc1.CCCCn1c(CO)cnc1-c1ccccc1.[B].[H-].[Na+]. The van der Waals surface area contributed by atoms with Crippen LogP contribution in [-0.4, -0.2) is 124 Å². The molecule has 3 radical (unpaired) electrons. The van der Waals surface area contributed by atoms with Gasteiger partial charge in [0.1, 0.15) is 61.2 Å². The van der Waals surface area contributed by atoms with Crippen LogP contribution in [0.3, 0.4) is 0 Å². The van der Waals surface area contributed by atoms with E-state index in [-0.39, 0.29) is 84.1 Å². The van der Waals surface area contributed by atoms with Gasteiger partial charge in [-0.25, -0.2) is 19.9 Å². The summed E-state index contributed by atoms with van der Waals surface area (Å²) in [5.74, 6) is 3.15. The van der Waals surface area contributed by atoms with Crippen molar-refractivity contribution < 1.29 is 88.7 Å². The van der Waals surface area contributed by atoms with E-state index in [1.165, 1.54) is 6.42 Å². The van der Waals surface area contributed by atoms with Crippen molar-refractivity contribution >= 4 is 52.5 Å². The van der Waals surface area contributed by atoms with Crippen molar-refractivity contribution in [2.75, 3.05) is 13.2 Å². The van der Waals surface area contributed by atoms with E-state index in [9.17, 15) is 28.9 Å². The molecule has 28 heteroatoms. The Labute approximate surface area is 772 Å². The number of ether oxygens (including phenoxy) is 4. The summed E-state index contributed by atoms with van der Waals surface area (Å²) in [6, 6.07) is 59.7. The fourth-order valence-electron chi connectivity index (χ4n) is 13.7. The minimum Gasteiger partial charge on any atom is -1.00 e. The number of aliphatic hydroxyl groups excluding tert-OH is 3. The van der Waals surface area contributed by atoms with E-state index in [2.05, 4.69) is 124 Å². The van der Waals surface area contributed by atoms with Gasteiger partial charge in [-0.15, -0.1) is 0 Å². The van der Waals surface area contributed by atoms with Gasteiger partial charge < -0.3 is 68.2 Å². The van der Waals surface area contributed by atoms with Crippen LogP contribution in [0.5, 0.6) is 0 Å². The van der Waals surface area contributed by atoms with Crippen LogP contribution >= 0.6 is 31.9 Å². The Balaban J connectivity index is 0.000000264. The zero-order chi connectivity index (χ0) is 87.2. The molecule has 4 N–H and O–H groups in total. The molecule has 0 spiro atoms. The molecule has 2 aliphatic rings. The van der Waals surface area contributed by atoms with E-state index in [0.29, 0.717) is 36.2 Å². The first-order valence-corrected chi connectivity index (χ1v) is 44.5. The van der Waals surface area contributed by atoms with Crippen molar-refractivity contribution in [3.8, 4) is 68.3 Å². The number of carbonyl (C=O) groups is 2. The van der Waals surface area contributed by atoms with E-state index in [0.717, 1.165) is 251 Å². The molecule has 2 aliphatic heterocycles. The van der Waals surface area contributed by atoms with Crippen LogP contribution in [0.2, 0.25) is 0 Å². The number of carboxylic acids is 1. The molecule has 6 aromatic carbocycles. The summed E-state index contributed by atoms with van der Waals surface area (Å²) in [7, 11) is 0. The molecule has 2 atom stereocenters. The Bertz CT molecular complexity index is 4730. The van der Waals surface area contributed by atoms with E-state index in [4.69, 9.17) is 33.8 Å². The number of carbonyl (C=O) groups excluding carboxylic acids is 1. The molecule has 0 aliphatic carbocycles. The number of aliphatic carboxylic acids is 1. The number of hydrogen-bond acceptors (Lipinski definition) is 15. The standard InChI is InChI=1S/C19H25BrN2O2.C19H25FN2O2.C14H17BrN2O.C14H17FN2O.C14H18N2O.C14H16N2O.C2H4O2.B.Na.H/c2*1-2-3-12-22-16(14-24-17-11-7-8-13-23-17)18(20)21-19(22)15-9-5-4-6-10-15;2*1-2-3-9-17-12(10-18)13(15)16-14(17)11-7-5-4-6-8-11;2*1-2-3-9-16-13(11-17)10-15-14(16)12-7-5-4-6-8-12;1-2(3)4;;;/h2*4-6,9-10,17H,2-3,7-8,11-14H2,1H3;2*4-8,18H,2-3,9-10H2,1H3;4-8,10,17H,2-3,9,11H2,1H3;4-8,10-11H,2-3,9H2,1H3;1H3,(H,3,4);;;/q;;;;;;;;+1;-1. The predicted molar refractivity (Wildman–Crippen MR) is 491 cm³/mol. The third kappa shape index (κ3) is 32.0. The Morgan fingerprint density at radius 2 is 0.718 bits per heavy atom. The molecule has 0 bridgehead atoms. The minimum absolute atomic E-state index is 0. The molecule has 0 saturated carbocycles. The van der Waals surface area contributed by atoms with E-state index >= 15 is 0 Å². The summed E-state index contributed by atoms with van der Waals surface area (Å²) in [4.78, 5) is 46.1. The van der Waals surface area contributed by atoms with Crippen molar-refractivity contribution in [3.63, 3.8) is 0 Å². The average molecular weight is 1840 g/mol. The van der Waals surface area contributed by atoms with Crippen LogP contribution in [-0.2, 0) is 96.0 Å². The number of aromatic nitrogens is 12. The maximum atomic E-state index is 14.5. The van der Waals surface area contributed by atoms with Crippen LogP contribution in [0, 0.1) is 11.9 Å². The summed E-state index contributed by atoms with van der Waals surface area (Å²) >= 11 is 7.05. The first kappa shape index (κ1) is 104. The number of carboxylic acid groups (broad SMARTS) is 1. The minimum atomic E-state index is -0.833. The summed E-state index contributed by atoms with van der Waals surface area (Å²) in [6.45, 7) is 20.9. The summed E-state index contributed by atoms with van der Waals surface area (Å²) in [5, 5.41) is 35.5. The van der Waals surface area contributed by atoms with Gasteiger partial charge in [-0.2, -0.15) is 18.7 Å². The van der Waals surface area contributed by atoms with Crippen molar-refractivity contribution in [2.45, 2.75) is 249 Å². The Hall–Kier alpha value is -8.68. The molecule has 2 unspecified atom stereocenters. The number of benzene rings is 6. The molecule has 12 aromatic rings. The fourth-order valence-corrected chi connectivity index (χ4v) is 14.7. The van der Waals surface area contributed by atoms with Gasteiger partial charge in [-0.3, -0.25) is 9.59 Å². The van der Waals surface area contributed by atoms with E-state index in [1.54, 1.807) is 17.0 Å². The number of aliphatic hydroxyl groups is 3. The fraction of sp³-hybridized carbons (Fsp3) is 0.417. The Kier molecular flexibility index (Phi) is 49.2. The van der Waals surface area contributed by atoms with Gasteiger partial charge in [0.05, 0.1) is 62.5 Å². The maximum Gasteiger partial charge on any atom is 1.00 e. The monoisotopic (exact) mass is 1830 g/mol. The largest absolute Gasteiger partial charge is 1.00 e. The van der Waals surface area contributed by atoms with Crippen LogP contribution < -0.4 is 29.6 Å². The molecule has 124 heavy (non-hydrogen) atoms. The van der Waals surface area contributed by atoms with Gasteiger partial charge in [0.15, 0.2) is 18.9 Å². The molecule has 14 rings (SSSR count). The average Bonchev–Trinajstić information content (AvgIpc) is 1.65.